The van der Waals surface area contributed by atoms with E-state index >= 15 is 0 Å². The smallest absolute Gasteiger partial charge is 0.337 e. The number of carboxylic acids is 1. The summed E-state index contributed by atoms with van der Waals surface area (Å²) < 4.78 is 0. The zero-order valence-corrected chi connectivity index (χ0v) is 18.2. The molecule has 1 aromatic carbocycles. The van der Waals surface area contributed by atoms with Crippen molar-refractivity contribution in [3.8, 4) is 16.5 Å². The number of carbonyl (C=O) groups is 1. The number of aromatic carboxylic acids is 1. The van der Waals surface area contributed by atoms with Gasteiger partial charge in [0, 0.05) is 22.7 Å². The lowest BCUT2D eigenvalue weighted by molar-refractivity contribution is 0.0696. The Balaban J connectivity index is 1.90. The molecule has 4 rings (SSSR count). The first-order valence-corrected chi connectivity index (χ1v) is 11.2. The van der Waals surface area contributed by atoms with E-state index in [9.17, 15) is 15.2 Å². The molecule has 1 aromatic heterocycles. The molecule has 1 aliphatic carbocycles. The van der Waals surface area contributed by atoms with Gasteiger partial charge in [0.25, 0.3) is 0 Å². The molecular weight excluding hydrogens is 398 g/mol. The Morgan fingerprint density at radius 3 is 2.97 bits per heavy atom. The van der Waals surface area contributed by atoms with Crippen LogP contribution in [-0.2, 0) is 17.7 Å². The molecule has 6 nitrogen and oxygen atoms in total. The monoisotopic (exact) mass is 425 g/mol. The van der Waals surface area contributed by atoms with Gasteiger partial charge in [0.05, 0.1) is 34.7 Å². The van der Waals surface area contributed by atoms with Gasteiger partial charge in [-0.25, -0.2) is 10.7 Å². The molecule has 2 aromatic rings. The van der Waals surface area contributed by atoms with E-state index in [0.29, 0.717) is 17.7 Å². The second-order valence-electron chi connectivity index (χ2n) is 9.02. The first-order chi connectivity index (χ1) is 14.3. The van der Waals surface area contributed by atoms with Crippen molar-refractivity contribution < 1.29 is 14.7 Å². The summed E-state index contributed by atoms with van der Waals surface area (Å²) in [6.07, 6.45) is 4.70. The minimum absolute atomic E-state index is 0.0887. The van der Waals surface area contributed by atoms with Gasteiger partial charge in [0.2, 0.25) is 0 Å². The molecule has 0 saturated carbocycles. The number of nitrogens with zero attached hydrogens (tertiary/aromatic N) is 2. The van der Waals surface area contributed by atoms with E-state index in [1.165, 1.54) is 4.88 Å². The molecular formula is C23H27N3O3S. The maximum absolute atomic E-state index is 12.4. The molecule has 0 spiro atoms. The molecule has 0 radical (unpaired) electrons. The molecule has 3 N–H and O–H groups in total. The lowest BCUT2D eigenvalue weighted by Gasteiger charge is -2.29. The van der Waals surface area contributed by atoms with E-state index in [2.05, 4.69) is 24.8 Å². The molecule has 0 amide bonds. The van der Waals surface area contributed by atoms with Gasteiger partial charge >= 0.3 is 5.97 Å². The van der Waals surface area contributed by atoms with E-state index in [0.717, 1.165) is 60.3 Å². The number of nitrogens with two attached hydrogens (primary N) is 1. The van der Waals surface area contributed by atoms with Crippen LogP contribution in [0.5, 0.6) is 0 Å². The quantitative estimate of drug-likeness (QED) is 0.691. The zero-order valence-electron chi connectivity index (χ0n) is 17.4. The van der Waals surface area contributed by atoms with Crippen molar-refractivity contribution in [3.63, 3.8) is 0 Å². The Morgan fingerprint density at radius 2 is 2.27 bits per heavy atom. The predicted molar refractivity (Wildman–Crippen MR) is 118 cm³/mol. The molecule has 2 heterocycles. The summed E-state index contributed by atoms with van der Waals surface area (Å²) >= 11 is 1.58. The Hall–Kier alpha value is -2.40. The van der Waals surface area contributed by atoms with Crippen molar-refractivity contribution in [2.75, 3.05) is 18.1 Å². The SMILES string of the molecule is CC1(C)CCc2sc(-c3cc(C#N)ccc3N3CCC[C@@H]3CON)c(C(=O)O)c2C1. The van der Waals surface area contributed by atoms with Gasteiger partial charge < -0.3 is 14.8 Å². The van der Waals surface area contributed by atoms with Crippen LogP contribution in [-0.4, -0.2) is 30.3 Å². The second kappa shape index (κ2) is 8.03. The van der Waals surface area contributed by atoms with Crippen LogP contribution < -0.4 is 10.8 Å². The fraction of sp³-hybridized carbons (Fsp3) is 0.478. The number of aryl methyl sites for hydroxylation is 1. The molecule has 1 atom stereocenters. The first kappa shape index (κ1) is 20.9. The average molecular weight is 426 g/mol. The molecule has 1 saturated heterocycles. The van der Waals surface area contributed by atoms with Crippen LogP contribution >= 0.6 is 11.3 Å². The van der Waals surface area contributed by atoms with E-state index in [1.54, 1.807) is 17.4 Å². The van der Waals surface area contributed by atoms with E-state index in [-0.39, 0.29) is 11.5 Å². The Labute approximate surface area is 180 Å². The van der Waals surface area contributed by atoms with Gasteiger partial charge in [-0.2, -0.15) is 5.26 Å². The largest absolute Gasteiger partial charge is 0.478 e. The minimum atomic E-state index is -0.892. The number of thiophene rings is 1. The summed E-state index contributed by atoms with van der Waals surface area (Å²) in [5.74, 6) is 4.46. The number of nitriles is 1. The van der Waals surface area contributed by atoms with E-state index in [1.807, 2.05) is 12.1 Å². The second-order valence-corrected chi connectivity index (χ2v) is 10.1. The van der Waals surface area contributed by atoms with Gasteiger partial charge in [0.15, 0.2) is 0 Å². The summed E-state index contributed by atoms with van der Waals surface area (Å²) in [6.45, 7) is 5.67. The Morgan fingerprint density at radius 1 is 1.47 bits per heavy atom. The molecule has 0 bridgehead atoms. The highest BCUT2D eigenvalue weighted by molar-refractivity contribution is 7.16. The Kier molecular flexibility index (Phi) is 5.58. The van der Waals surface area contributed by atoms with Gasteiger partial charge in [0.1, 0.15) is 0 Å². The number of rotatable bonds is 5. The highest BCUT2D eigenvalue weighted by Crippen LogP contribution is 2.48. The molecule has 0 unspecified atom stereocenters. The normalized spacial score (nSPS) is 20.1. The summed E-state index contributed by atoms with van der Waals surface area (Å²) in [6, 6.07) is 7.93. The van der Waals surface area contributed by atoms with Crippen molar-refractivity contribution in [2.24, 2.45) is 11.3 Å². The fourth-order valence-electron chi connectivity index (χ4n) is 4.81. The highest BCUT2D eigenvalue weighted by Gasteiger charge is 2.35. The molecule has 1 aliphatic heterocycles. The number of benzene rings is 1. The summed E-state index contributed by atoms with van der Waals surface area (Å²) in [7, 11) is 0. The number of hydrogen-bond donors (Lipinski definition) is 2. The Bertz CT molecular complexity index is 1020. The van der Waals surface area contributed by atoms with Gasteiger partial charge in [-0.05, 0) is 61.3 Å². The fourth-order valence-corrected chi connectivity index (χ4v) is 6.14. The van der Waals surface area contributed by atoms with Crippen molar-refractivity contribution in [3.05, 3.63) is 39.8 Å². The van der Waals surface area contributed by atoms with Crippen LogP contribution in [0.2, 0.25) is 0 Å². The number of hydrogen-bond acceptors (Lipinski definition) is 6. The maximum atomic E-state index is 12.4. The van der Waals surface area contributed by atoms with Crippen LogP contribution in [0.15, 0.2) is 18.2 Å². The lowest BCUT2D eigenvalue weighted by atomic mass is 9.76. The maximum Gasteiger partial charge on any atom is 0.337 e. The average Bonchev–Trinajstić information content (AvgIpc) is 3.31. The summed E-state index contributed by atoms with van der Waals surface area (Å²) in [5, 5.41) is 19.7. The number of anilines is 1. The lowest BCUT2D eigenvalue weighted by Crippen LogP contribution is -2.34. The van der Waals surface area contributed by atoms with Crippen molar-refractivity contribution in [2.45, 2.75) is 52.0 Å². The van der Waals surface area contributed by atoms with Crippen molar-refractivity contribution in [1.29, 1.82) is 5.26 Å². The molecule has 7 heteroatoms. The molecule has 2 aliphatic rings. The highest BCUT2D eigenvalue weighted by atomic mass is 32.1. The zero-order chi connectivity index (χ0) is 21.5. The molecule has 30 heavy (non-hydrogen) atoms. The van der Waals surface area contributed by atoms with E-state index in [4.69, 9.17) is 10.7 Å². The topological polar surface area (TPSA) is 99.6 Å². The predicted octanol–water partition coefficient (Wildman–Crippen LogP) is 4.36. The van der Waals surface area contributed by atoms with E-state index < -0.39 is 5.97 Å². The van der Waals surface area contributed by atoms with Crippen molar-refractivity contribution >= 4 is 23.0 Å². The first-order valence-electron chi connectivity index (χ1n) is 10.4. The third kappa shape index (κ3) is 3.71. The molecule has 1 fully saturated rings. The van der Waals surface area contributed by atoms with Crippen LogP contribution in [0, 0.1) is 16.7 Å². The van der Waals surface area contributed by atoms with Gasteiger partial charge in [-0.15, -0.1) is 11.3 Å². The van der Waals surface area contributed by atoms with Crippen LogP contribution in [0.25, 0.3) is 10.4 Å². The third-order valence-corrected chi connectivity index (χ3v) is 7.66. The third-order valence-electron chi connectivity index (χ3n) is 6.33. The van der Waals surface area contributed by atoms with Gasteiger partial charge in [-0.3, -0.25) is 0 Å². The summed E-state index contributed by atoms with van der Waals surface area (Å²) in [5.41, 5.74) is 3.77. The van der Waals surface area contributed by atoms with Crippen LogP contribution in [0.4, 0.5) is 5.69 Å². The minimum Gasteiger partial charge on any atom is -0.478 e. The number of fused-ring (bicyclic) bond motifs is 1. The standard InChI is InChI=1S/C23H27N3O3S/c1-23(2)8-7-19-17(11-23)20(22(27)28)21(30-19)16-10-14(12-24)5-6-18(16)26-9-3-4-15(26)13-29-25/h5-6,10,15H,3-4,7-9,11,13,25H2,1-2H3,(H,27,28)/t15-/m1/s1. The van der Waals surface area contributed by atoms with Crippen molar-refractivity contribution in [1.82, 2.24) is 0 Å². The summed E-state index contributed by atoms with van der Waals surface area (Å²) in [4.78, 5) is 21.5. The van der Waals surface area contributed by atoms with Gasteiger partial charge in [-0.1, -0.05) is 13.8 Å². The van der Waals surface area contributed by atoms with Crippen LogP contribution in [0.3, 0.4) is 0 Å². The number of carboxylic acid groups (broad SMARTS) is 1. The van der Waals surface area contributed by atoms with Crippen LogP contribution in [0.1, 0.15) is 59.5 Å². The molecule has 158 valence electrons.